The molecule has 0 bridgehead atoms. The molecule has 0 aromatic rings. The highest BCUT2D eigenvalue weighted by atomic mass is 16.5. The van der Waals surface area contributed by atoms with Crippen LogP contribution in [-0.4, -0.2) is 62.8 Å². The van der Waals surface area contributed by atoms with E-state index in [1.807, 2.05) is 6.92 Å². The van der Waals surface area contributed by atoms with E-state index >= 15 is 0 Å². The lowest BCUT2D eigenvalue weighted by Gasteiger charge is -2.30. The second-order valence-electron chi connectivity index (χ2n) is 6.50. The monoisotopic (exact) mass is 297 g/mol. The molecular weight excluding hydrogens is 266 g/mol. The summed E-state index contributed by atoms with van der Waals surface area (Å²) in [6, 6.07) is 0.531. The second kappa shape index (κ2) is 8.71. The van der Waals surface area contributed by atoms with E-state index in [0.717, 1.165) is 32.0 Å². The molecule has 2 fully saturated rings. The highest BCUT2D eigenvalue weighted by Gasteiger charge is 2.31. The Bertz CT molecular complexity index is 315. The molecule has 2 rings (SSSR count). The molecule has 1 saturated carbocycles. The summed E-state index contributed by atoms with van der Waals surface area (Å²) in [7, 11) is 1.69. The minimum absolute atomic E-state index is 0.0319. The lowest BCUT2D eigenvalue weighted by molar-refractivity contribution is -0.126. The Labute approximate surface area is 128 Å². The second-order valence-corrected chi connectivity index (χ2v) is 6.50. The smallest absolute Gasteiger partial charge is 0.237 e. The number of carbonyl (C=O) groups is 1. The van der Waals surface area contributed by atoms with Gasteiger partial charge in [0.2, 0.25) is 5.91 Å². The Hall–Kier alpha value is -0.650. The summed E-state index contributed by atoms with van der Waals surface area (Å²) in [5, 5.41) is 6.58. The molecule has 2 aliphatic rings. The van der Waals surface area contributed by atoms with Crippen molar-refractivity contribution in [2.45, 2.75) is 51.1 Å². The molecule has 1 heterocycles. The highest BCUT2D eigenvalue weighted by Crippen LogP contribution is 2.30. The minimum Gasteiger partial charge on any atom is -0.385 e. The molecule has 21 heavy (non-hydrogen) atoms. The van der Waals surface area contributed by atoms with Gasteiger partial charge in [-0.25, -0.2) is 0 Å². The Morgan fingerprint density at radius 1 is 1.38 bits per heavy atom. The first-order chi connectivity index (χ1) is 10.2. The van der Waals surface area contributed by atoms with Crippen molar-refractivity contribution in [2.75, 3.05) is 39.9 Å². The van der Waals surface area contributed by atoms with Gasteiger partial charge in [-0.2, -0.15) is 0 Å². The minimum atomic E-state index is -0.0319. The molecule has 5 nitrogen and oxygen atoms in total. The lowest BCUT2D eigenvalue weighted by atomic mass is 10.1. The van der Waals surface area contributed by atoms with Crippen LogP contribution in [-0.2, 0) is 9.53 Å². The molecule has 0 aromatic carbocycles. The van der Waals surface area contributed by atoms with Crippen LogP contribution >= 0.6 is 0 Å². The molecule has 2 unspecified atom stereocenters. The van der Waals surface area contributed by atoms with E-state index < -0.39 is 0 Å². The fraction of sp³-hybridized carbons (Fsp3) is 0.938. The molecule has 0 radical (unpaired) electrons. The van der Waals surface area contributed by atoms with Gasteiger partial charge in [0, 0.05) is 39.4 Å². The number of rotatable bonds is 10. The van der Waals surface area contributed by atoms with Crippen molar-refractivity contribution in [1.82, 2.24) is 15.5 Å². The number of methoxy groups -OCH3 is 1. The van der Waals surface area contributed by atoms with E-state index in [9.17, 15) is 4.79 Å². The zero-order valence-corrected chi connectivity index (χ0v) is 13.6. The first-order valence-electron chi connectivity index (χ1n) is 8.44. The quantitative estimate of drug-likeness (QED) is 0.591. The number of hydrogen-bond donors (Lipinski definition) is 2. The van der Waals surface area contributed by atoms with Crippen LogP contribution in [0.1, 0.15) is 39.0 Å². The van der Waals surface area contributed by atoms with E-state index in [0.29, 0.717) is 19.2 Å². The predicted octanol–water partition coefficient (Wildman–Crippen LogP) is 0.992. The van der Waals surface area contributed by atoms with Crippen molar-refractivity contribution >= 4 is 5.91 Å². The van der Waals surface area contributed by atoms with Gasteiger partial charge in [-0.3, -0.25) is 9.69 Å². The summed E-state index contributed by atoms with van der Waals surface area (Å²) in [6.45, 7) is 6.65. The van der Waals surface area contributed by atoms with Crippen LogP contribution < -0.4 is 10.6 Å². The number of carbonyl (C=O) groups excluding carboxylic acids is 1. The molecule has 2 atom stereocenters. The summed E-state index contributed by atoms with van der Waals surface area (Å²) >= 11 is 0. The fourth-order valence-electron chi connectivity index (χ4n) is 2.96. The Morgan fingerprint density at radius 3 is 2.81 bits per heavy atom. The number of amides is 1. The maximum absolute atomic E-state index is 12.3. The van der Waals surface area contributed by atoms with E-state index in [1.165, 1.54) is 25.7 Å². The molecule has 1 aliphatic carbocycles. The number of nitrogens with zero attached hydrogens (tertiary/aromatic N) is 1. The number of hydrogen-bond acceptors (Lipinski definition) is 4. The van der Waals surface area contributed by atoms with Crippen molar-refractivity contribution in [3.63, 3.8) is 0 Å². The summed E-state index contributed by atoms with van der Waals surface area (Å²) in [4.78, 5) is 14.7. The summed E-state index contributed by atoms with van der Waals surface area (Å²) in [5.41, 5.74) is 0. The van der Waals surface area contributed by atoms with Gasteiger partial charge in [0.25, 0.3) is 0 Å². The Balaban J connectivity index is 1.77. The third kappa shape index (κ3) is 5.93. The van der Waals surface area contributed by atoms with Crippen molar-refractivity contribution in [1.29, 1.82) is 0 Å². The van der Waals surface area contributed by atoms with Gasteiger partial charge < -0.3 is 15.4 Å². The van der Waals surface area contributed by atoms with E-state index in [1.54, 1.807) is 7.11 Å². The molecule has 0 spiro atoms. The average Bonchev–Trinajstić information content (AvgIpc) is 3.15. The van der Waals surface area contributed by atoms with Crippen molar-refractivity contribution < 1.29 is 9.53 Å². The van der Waals surface area contributed by atoms with Gasteiger partial charge in [0.1, 0.15) is 0 Å². The summed E-state index contributed by atoms with van der Waals surface area (Å²) in [5.74, 6) is 0.972. The van der Waals surface area contributed by atoms with E-state index in [4.69, 9.17) is 4.74 Å². The van der Waals surface area contributed by atoms with E-state index in [-0.39, 0.29) is 11.9 Å². The van der Waals surface area contributed by atoms with Crippen LogP contribution in [0.15, 0.2) is 0 Å². The van der Waals surface area contributed by atoms with Crippen molar-refractivity contribution in [3.05, 3.63) is 0 Å². The van der Waals surface area contributed by atoms with Crippen LogP contribution in [0.4, 0.5) is 0 Å². The van der Waals surface area contributed by atoms with Crippen LogP contribution in [0.3, 0.4) is 0 Å². The molecule has 2 N–H and O–H groups in total. The van der Waals surface area contributed by atoms with Crippen molar-refractivity contribution in [2.24, 2.45) is 5.92 Å². The predicted molar refractivity (Wildman–Crippen MR) is 84.3 cm³/mol. The van der Waals surface area contributed by atoms with Gasteiger partial charge in [0.15, 0.2) is 0 Å². The average molecular weight is 297 g/mol. The summed E-state index contributed by atoms with van der Waals surface area (Å²) < 4.78 is 5.01. The molecule has 5 heteroatoms. The number of ether oxygens (including phenoxy) is 1. The van der Waals surface area contributed by atoms with Gasteiger partial charge in [-0.1, -0.05) is 0 Å². The topological polar surface area (TPSA) is 53.6 Å². The molecular formula is C16H31N3O2. The molecule has 122 valence electrons. The lowest BCUT2D eigenvalue weighted by Crippen LogP contribution is -2.50. The third-order valence-electron chi connectivity index (χ3n) is 4.56. The maximum Gasteiger partial charge on any atom is 0.237 e. The first-order valence-corrected chi connectivity index (χ1v) is 8.44. The van der Waals surface area contributed by atoms with Crippen LogP contribution in [0.25, 0.3) is 0 Å². The normalized spacial score (nSPS) is 23.5. The Kier molecular flexibility index (Phi) is 6.93. The van der Waals surface area contributed by atoms with Gasteiger partial charge in [-0.15, -0.1) is 0 Å². The van der Waals surface area contributed by atoms with Gasteiger partial charge in [0.05, 0.1) is 6.04 Å². The molecule has 1 aliphatic heterocycles. The fourth-order valence-corrected chi connectivity index (χ4v) is 2.96. The summed E-state index contributed by atoms with van der Waals surface area (Å²) in [6.07, 6.45) is 6.04. The van der Waals surface area contributed by atoms with Gasteiger partial charge in [-0.05, 0) is 51.5 Å². The van der Waals surface area contributed by atoms with Crippen molar-refractivity contribution in [3.8, 4) is 0 Å². The Morgan fingerprint density at radius 2 is 2.19 bits per heavy atom. The van der Waals surface area contributed by atoms with Crippen LogP contribution in [0.2, 0.25) is 0 Å². The van der Waals surface area contributed by atoms with Gasteiger partial charge >= 0.3 is 0 Å². The zero-order chi connectivity index (χ0) is 15.1. The zero-order valence-electron chi connectivity index (χ0n) is 13.6. The standard InChI is InChI=1S/C16H31N3O2/c1-13(16(20)18-9-4-10-21-2)19(11-14-6-7-14)12-15-5-3-8-17-15/h13-15,17H,3-12H2,1-2H3,(H,18,20). The largest absolute Gasteiger partial charge is 0.385 e. The number of nitrogens with one attached hydrogen (secondary N) is 2. The first kappa shape index (κ1) is 16.7. The highest BCUT2D eigenvalue weighted by molar-refractivity contribution is 5.81. The molecule has 1 amide bonds. The molecule has 1 saturated heterocycles. The van der Waals surface area contributed by atoms with E-state index in [2.05, 4.69) is 15.5 Å². The maximum atomic E-state index is 12.3. The van der Waals surface area contributed by atoms with Crippen LogP contribution in [0.5, 0.6) is 0 Å². The molecule has 0 aromatic heterocycles. The SMILES string of the molecule is COCCCNC(=O)C(C)N(CC1CC1)CC1CCCN1. The third-order valence-corrected chi connectivity index (χ3v) is 4.56. The van der Waals surface area contributed by atoms with Crippen LogP contribution in [0, 0.1) is 5.92 Å².